The van der Waals surface area contributed by atoms with Gasteiger partial charge in [0.15, 0.2) is 0 Å². The molecule has 0 atom stereocenters. The lowest BCUT2D eigenvalue weighted by molar-refractivity contribution is 0.301. The molecule has 1 aliphatic carbocycles. The zero-order chi connectivity index (χ0) is 22.9. The molecule has 1 aromatic heterocycles. The van der Waals surface area contributed by atoms with Crippen LogP contribution >= 0.6 is 0 Å². The van der Waals surface area contributed by atoms with Crippen molar-refractivity contribution in [1.82, 2.24) is 9.71 Å². The Kier molecular flexibility index (Phi) is 7.96. The van der Waals surface area contributed by atoms with Crippen molar-refractivity contribution in [1.29, 1.82) is 0 Å². The van der Waals surface area contributed by atoms with Crippen molar-refractivity contribution in [3.8, 4) is 5.75 Å². The maximum absolute atomic E-state index is 12.8. The van der Waals surface area contributed by atoms with Gasteiger partial charge in [0.25, 0.3) is 0 Å². The van der Waals surface area contributed by atoms with Crippen LogP contribution in [0.3, 0.4) is 0 Å². The summed E-state index contributed by atoms with van der Waals surface area (Å²) in [6.45, 7) is 0.895. The fourth-order valence-corrected chi connectivity index (χ4v) is 5.23. The van der Waals surface area contributed by atoms with E-state index in [-0.39, 0.29) is 4.90 Å². The van der Waals surface area contributed by atoms with Gasteiger partial charge in [-0.3, -0.25) is 4.98 Å². The van der Waals surface area contributed by atoms with Crippen LogP contribution in [0.4, 0.5) is 11.4 Å². The maximum atomic E-state index is 12.8. The van der Waals surface area contributed by atoms with Gasteiger partial charge in [-0.1, -0.05) is 44.2 Å². The van der Waals surface area contributed by atoms with Gasteiger partial charge in [-0.05, 0) is 66.9 Å². The molecule has 1 saturated carbocycles. The van der Waals surface area contributed by atoms with Crippen molar-refractivity contribution in [2.24, 2.45) is 5.92 Å². The lowest BCUT2D eigenvalue weighted by atomic mass is 9.87. The van der Waals surface area contributed by atoms with Crippen LogP contribution in [0.15, 0.2) is 77.8 Å². The Morgan fingerprint density at radius 2 is 1.73 bits per heavy atom. The number of benzene rings is 2. The fourth-order valence-electron chi connectivity index (χ4n) is 4.14. The summed E-state index contributed by atoms with van der Waals surface area (Å²) in [5.74, 6) is 1.38. The molecule has 3 aromatic rings. The van der Waals surface area contributed by atoms with Gasteiger partial charge in [-0.15, -0.1) is 0 Å². The van der Waals surface area contributed by atoms with Crippen LogP contribution in [-0.2, 0) is 16.6 Å². The van der Waals surface area contributed by atoms with Crippen molar-refractivity contribution < 1.29 is 13.2 Å². The number of anilines is 2. The van der Waals surface area contributed by atoms with Crippen molar-refractivity contribution in [2.45, 2.75) is 50.0 Å². The number of aromatic nitrogens is 1. The molecule has 2 N–H and O–H groups in total. The van der Waals surface area contributed by atoms with Gasteiger partial charge in [0.2, 0.25) is 10.0 Å². The largest absolute Gasteiger partial charge is 0.487 e. The molecular formula is C26H31N3O3S. The minimum Gasteiger partial charge on any atom is -0.487 e. The van der Waals surface area contributed by atoms with E-state index >= 15 is 0 Å². The normalized spacial score (nSPS) is 14.7. The Morgan fingerprint density at radius 1 is 0.909 bits per heavy atom. The summed E-state index contributed by atoms with van der Waals surface area (Å²) < 4.78 is 34.0. The fraction of sp³-hybridized carbons (Fsp3) is 0.346. The second kappa shape index (κ2) is 11.3. The van der Waals surface area contributed by atoms with Gasteiger partial charge >= 0.3 is 0 Å². The highest BCUT2D eigenvalue weighted by Gasteiger charge is 2.17. The molecule has 1 fully saturated rings. The number of hydrogen-bond donors (Lipinski definition) is 2. The van der Waals surface area contributed by atoms with Crippen molar-refractivity contribution in [3.05, 3.63) is 78.6 Å². The van der Waals surface area contributed by atoms with Gasteiger partial charge < -0.3 is 10.1 Å². The van der Waals surface area contributed by atoms with Gasteiger partial charge in [0.05, 0.1) is 10.6 Å². The first-order valence-corrected chi connectivity index (χ1v) is 13.1. The van der Waals surface area contributed by atoms with Crippen molar-refractivity contribution >= 4 is 21.4 Å². The second-order valence-electron chi connectivity index (χ2n) is 8.48. The number of pyridine rings is 1. The molecule has 0 radical (unpaired) electrons. The lowest BCUT2D eigenvalue weighted by Gasteiger charge is -2.21. The third-order valence-corrected chi connectivity index (χ3v) is 7.43. The summed E-state index contributed by atoms with van der Waals surface area (Å²) in [6.07, 6.45) is 8.92. The maximum Gasteiger partial charge on any atom is 0.240 e. The molecule has 0 bridgehead atoms. The van der Waals surface area contributed by atoms with Crippen LogP contribution in [0.2, 0.25) is 0 Å². The number of nitrogens with one attached hydrogen (secondary N) is 2. The summed E-state index contributed by atoms with van der Waals surface area (Å²) >= 11 is 0. The van der Waals surface area contributed by atoms with Gasteiger partial charge in [-0.2, -0.15) is 0 Å². The Hall–Kier alpha value is -2.90. The van der Waals surface area contributed by atoms with E-state index in [0.717, 1.165) is 23.6 Å². The van der Waals surface area contributed by atoms with Crippen molar-refractivity contribution in [3.63, 3.8) is 0 Å². The lowest BCUT2D eigenvalue weighted by Crippen LogP contribution is -2.26. The molecule has 0 amide bonds. The SMILES string of the molecule is O=S(=O)(NCCC1CCCCC1)c1cccc(Nc2ccc(OCc3ccccn3)cc2)c1. The molecule has 0 aliphatic heterocycles. The van der Waals surface area contributed by atoms with E-state index < -0.39 is 10.0 Å². The molecule has 1 heterocycles. The zero-order valence-electron chi connectivity index (χ0n) is 18.7. The third kappa shape index (κ3) is 7.04. The molecule has 1 aliphatic rings. The molecule has 0 unspecified atom stereocenters. The first-order chi connectivity index (χ1) is 16.1. The highest BCUT2D eigenvalue weighted by Crippen LogP contribution is 2.26. The Labute approximate surface area is 196 Å². The molecule has 174 valence electrons. The van der Waals surface area contributed by atoms with E-state index in [1.54, 1.807) is 24.4 Å². The van der Waals surface area contributed by atoms with Crippen LogP contribution in [0.5, 0.6) is 5.75 Å². The summed E-state index contributed by atoms with van der Waals surface area (Å²) in [4.78, 5) is 4.52. The Bertz CT molecular complexity index is 1110. The minimum atomic E-state index is -3.53. The van der Waals surface area contributed by atoms with E-state index in [9.17, 15) is 8.42 Å². The van der Waals surface area contributed by atoms with E-state index in [2.05, 4.69) is 15.0 Å². The topological polar surface area (TPSA) is 80.3 Å². The molecule has 0 spiro atoms. The number of rotatable bonds is 10. The highest BCUT2D eigenvalue weighted by molar-refractivity contribution is 7.89. The number of sulfonamides is 1. The quantitative estimate of drug-likeness (QED) is 0.404. The van der Waals surface area contributed by atoms with Gasteiger partial charge in [0, 0.05) is 24.1 Å². The monoisotopic (exact) mass is 465 g/mol. The summed E-state index contributed by atoms with van der Waals surface area (Å²) in [6, 6.07) is 20.2. The first-order valence-electron chi connectivity index (χ1n) is 11.6. The van der Waals surface area contributed by atoms with E-state index in [0.29, 0.717) is 24.8 Å². The molecule has 33 heavy (non-hydrogen) atoms. The molecule has 0 saturated heterocycles. The first kappa shape index (κ1) is 23.3. The molecule has 4 rings (SSSR count). The number of nitrogens with zero attached hydrogens (tertiary/aromatic N) is 1. The predicted octanol–water partition coefficient (Wildman–Crippen LogP) is 5.65. The molecular weight excluding hydrogens is 434 g/mol. The summed E-state index contributed by atoms with van der Waals surface area (Å²) in [7, 11) is -3.53. The van der Waals surface area contributed by atoms with E-state index in [1.165, 1.54) is 32.1 Å². The smallest absolute Gasteiger partial charge is 0.240 e. The Morgan fingerprint density at radius 3 is 2.48 bits per heavy atom. The van der Waals surface area contributed by atoms with Crippen LogP contribution in [-0.4, -0.2) is 19.9 Å². The van der Waals surface area contributed by atoms with Crippen molar-refractivity contribution in [2.75, 3.05) is 11.9 Å². The van der Waals surface area contributed by atoms with Crippen LogP contribution < -0.4 is 14.8 Å². The second-order valence-corrected chi connectivity index (χ2v) is 10.2. The molecule has 6 nitrogen and oxygen atoms in total. The highest BCUT2D eigenvalue weighted by atomic mass is 32.2. The summed E-state index contributed by atoms with van der Waals surface area (Å²) in [5, 5.41) is 3.27. The van der Waals surface area contributed by atoms with Crippen LogP contribution in [0, 0.1) is 5.92 Å². The van der Waals surface area contributed by atoms with Crippen LogP contribution in [0.1, 0.15) is 44.2 Å². The van der Waals surface area contributed by atoms with Gasteiger partial charge in [-0.25, -0.2) is 13.1 Å². The number of hydrogen-bond acceptors (Lipinski definition) is 5. The molecule has 2 aromatic carbocycles. The summed E-state index contributed by atoms with van der Waals surface area (Å²) in [5.41, 5.74) is 2.43. The average molecular weight is 466 g/mol. The Balaban J connectivity index is 1.31. The van der Waals surface area contributed by atoms with Crippen LogP contribution in [0.25, 0.3) is 0 Å². The third-order valence-electron chi connectivity index (χ3n) is 5.97. The van der Waals surface area contributed by atoms with Gasteiger partial charge in [0.1, 0.15) is 12.4 Å². The van der Waals surface area contributed by atoms with E-state index in [4.69, 9.17) is 4.74 Å². The standard InChI is InChI=1S/C26H31N3O3S/c30-33(31,28-18-16-21-7-2-1-3-8-21)26-11-6-10-23(19-26)29-22-12-14-25(15-13-22)32-20-24-9-4-5-17-27-24/h4-6,9-15,17,19,21,28-29H,1-3,7-8,16,18,20H2. The minimum absolute atomic E-state index is 0.270. The molecule has 7 heteroatoms. The average Bonchev–Trinajstić information content (AvgIpc) is 2.85. The predicted molar refractivity (Wildman–Crippen MR) is 131 cm³/mol. The zero-order valence-corrected chi connectivity index (χ0v) is 19.6. The van der Waals surface area contributed by atoms with E-state index in [1.807, 2.05) is 48.5 Å². The number of ether oxygens (including phenoxy) is 1.